The van der Waals surface area contributed by atoms with Gasteiger partial charge in [-0.15, -0.1) is 0 Å². The van der Waals surface area contributed by atoms with E-state index in [4.69, 9.17) is 0 Å². The first-order valence-corrected chi connectivity index (χ1v) is 7.19. The van der Waals surface area contributed by atoms with Gasteiger partial charge in [0.15, 0.2) is 11.6 Å². The molecule has 6 nitrogen and oxygen atoms in total. The maximum atomic E-state index is 14.1. The van der Waals surface area contributed by atoms with E-state index in [1.165, 1.54) is 36.6 Å². The minimum absolute atomic E-state index is 0.211. The molecule has 9 heteroatoms. The van der Waals surface area contributed by atoms with E-state index in [0.717, 1.165) is 25.2 Å². The van der Waals surface area contributed by atoms with E-state index >= 15 is 0 Å². The number of para-hydroxylation sites is 1. The first kappa shape index (κ1) is 19.1. The lowest BCUT2D eigenvalue weighted by atomic mass is 10.1. The van der Waals surface area contributed by atoms with Gasteiger partial charge in [0.05, 0.1) is 25.5 Å². The molecule has 0 fully saturated rings. The van der Waals surface area contributed by atoms with Gasteiger partial charge in [0, 0.05) is 6.20 Å². The van der Waals surface area contributed by atoms with E-state index in [1.54, 1.807) is 0 Å². The van der Waals surface area contributed by atoms with Gasteiger partial charge in [-0.25, -0.2) is 14.0 Å². The Labute approximate surface area is 146 Å². The van der Waals surface area contributed by atoms with E-state index in [9.17, 15) is 22.8 Å². The van der Waals surface area contributed by atoms with Crippen LogP contribution in [0.3, 0.4) is 0 Å². The number of nitrogens with zero attached hydrogens (tertiary/aromatic N) is 1. The van der Waals surface area contributed by atoms with Crippen LogP contribution in [0.2, 0.25) is 0 Å². The SMILES string of the molecule is COC(=O)C1=C(C(=O)OC)N(c2cccc(F)c2OC(F)F)C=CC=C1. The normalized spacial score (nSPS) is 13.7. The van der Waals surface area contributed by atoms with Crippen molar-refractivity contribution in [3.8, 4) is 5.75 Å². The Morgan fingerprint density at radius 1 is 1.08 bits per heavy atom. The topological polar surface area (TPSA) is 65.1 Å². The van der Waals surface area contributed by atoms with Gasteiger partial charge in [0.2, 0.25) is 0 Å². The summed E-state index contributed by atoms with van der Waals surface area (Å²) in [5.74, 6) is -3.70. The number of halogens is 3. The molecule has 0 radical (unpaired) electrons. The summed E-state index contributed by atoms with van der Waals surface area (Å²) in [5, 5.41) is 0. The number of carbonyl (C=O) groups is 2. The number of alkyl halides is 2. The molecule has 0 aromatic heterocycles. The molecule has 0 atom stereocenters. The Morgan fingerprint density at radius 3 is 2.38 bits per heavy atom. The highest BCUT2D eigenvalue weighted by molar-refractivity contribution is 6.05. The third-order valence-electron chi connectivity index (χ3n) is 3.30. The van der Waals surface area contributed by atoms with E-state index < -0.39 is 30.1 Å². The smallest absolute Gasteiger partial charge is 0.387 e. The summed E-state index contributed by atoms with van der Waals surface area (Å²) in [6, 6.07) is 3.40. The van der Waals surface area contributed by atoms with Crippen molar-refractivity contribution in [3.63, 3.8) is 0 Å². The summed E-state index contributed by atoms with van der Waals surface area (Å²) >= 11 is 0. The Hall–Kier alpha value is -3.23. The third kappa shape index (κ3) is 3.88. The molecule has 26 heavy (non-hydrogen) atoms. The predicted octanol–water partition coefficient (Wildman–Crippen LogP) is 2.92. The maximum Gasteiger partial charge on any atom is 0.387 e. The van der Waals surface area contributed by atoms with Gasteiger partial charge in [0.25, 0.3) is 0 Å². The molecule has 138 valence electrons. The fraction of sp³-hybridized carbons (Fsp3) is 0.176. The number of esters is 2. The van der Waals surface area contributed by atoms with Crippen LogP contribution in [0.25, 0.3) is 0 Å². The first-order chi connectivity index (χ1) is 12.4. The Kier molecular flexibility index (Phi) is 6.05. The second-order valence-corrected chi connectivity index (χ2v) is 4.78. The zero-order valence-electron chi connectivity index (χ0n) is 13.7. The molecule has 0 aliphatic carbocycles. The fourth-order valence-corrected chi connectivity index (χ4v) is 2.24. The van der Waals surface area contributed by atoms with Gasteiger partial charge < -0.3 is 19.1 Å². The van der Waals surface area contributed by atoms with Crippen LogP contribution in [0.1, 0.15) is 0 Å². The Bertz CT molecular complexity index is 802. The molecule has 1 aliphatic heterocycles. The molecule has 0 saturated carbocycles. The Balaban J connectivity index is 2.72. The summed E-state index contributed by atoms with van der Waals surface area (Å²) in [5.41, 5.74) is -0.794. The number of methoxy groups -OCH3 is 2. The average molecular weight is 369 g/mol. The van der Waals surface area contributed by atoms with Crippen molar-refractivity contribution in [1.29, 1.82) is 0 Å². The van der Waals surface area contributed by atoms with Crippen molar-refractivity contribution >= 4 is 17.6 Å². The highest BCUT2D eigenvalue weighted by atomic mass is 19.3. The summed E-state index contributed by atoms with van der Waals surface area (Å²) in [4.78, 5) is 25.3. The number of allylic oxidation sites excluding steroid dienone is 2. The van der Waals surface area contributed by atoms with E-state index in [2.05, 4.69) is 14.2 Å². The van der Waals surface area contributed by atoms with Crippen LogP contribution in [0, 0.1) is 5.82 Å². The predicted molar refractivity (Wildman–Crippen MR) is 84.8 cm³/mol. The first-order valence-electron chi connectivity index (χ1n) is 7.19. The number of carbonyl (C=O) groups excluding carboxylic acids is 2. The Morgan fingerprint density at radius 2 is 1.77 bits per heavy atom. The highest BCUT2D eigenvalue weighted by Crippen LogP contribution is 2.36. The van der Waals surface area contributed by atoms with Crippen LogP contribution in [0.15, 0.2) is 53.9 Å². The minimum atomic E-state index is -3.30. The molecule has 0 N–H and O–H groups in total. The lowest BCUT2D eigenvalue weighted by molar-refractivity contribution is -0.139. The second kappa shape index (κ2) is 8.24. The van der Waals surface area contributed by atoms with Crippen LogP contribution in [-0.2, 0) is 19.1 Å². The monoisotopic (exact) mass is 369 g/mol. The third-order valence-corrected chi connectivity index (χ3v) is 3.30. The van der Waals surface area contributed by atoms with Gasteiger partial charge in [0.1, 0.15) is 5.70 Å². The van der Waals surface area contributed by atoms with Crippen molar-refractivity contribution in [2.45, 2.75) is 6.61 Å². The molecular weight excluding hydrogens is 355 g/mol. The highest BCUT2D eigenvalue weighted by Gasteiger charge is 2.30. The molecule has 0 amide bonds. The van der Waals surface area contributed by atoms with Crippen molar-refractivity contribution < 1.29 is 37.0 Å². The number of hydrogen-bond donors (Lipinski definition) is 0. The number of hydrogen-bond acceptors (Lipinski definition) is 6. The summed E-state index contributed by atoms with van der Waals surface area (Å²) in [7, 11) is 2.18. The standard InChI is InChI=1S/C17H14F3NO5/c1-24-15(22)10-6-3-4-9-21(13(10)16(23)25-2)12-8-5-7-11(18)14(12)26-17(19)20/h3-9,17H,1-2H3. The number of rotatable bonds is 5. The lowest BCUT2D eigenvalue weighted by Crippen LogP contribution is -2.27. The van der Waals surface area contributed by atoms with E-state index in [-0.39, 0.29) is 17.0 Å². The number of anilines is 1. The molecule has 1 aliphatic rings. The van der Waals surface area contributed by atoms with E-state index in [0.29, 0.717) is 0 Å². The molecule has 0 bridgehead atoms. The quantitative estimate of drug-likeness (QED) is 0.744. The fourth-order valence-electron chi connectivity index (χ4n) is 2.24. The van der Waals surface area contributed by atoms with Gasteiger partial charge in [-0.05, 0) is 24.3 Å². The second-order valence-electron chi connectivity index (χ2n) is 4.78. The van der Waals surface area contributed by atoms with Crippen LogP contribution < -0.4 is 9.64 Å². The largest absolute Gasteiger partial charge is 0.465 e. The summed E-state index contributed by atoms with van der Waals surface area (Å²) < 4.78 is 53.0. The van der Waals surface area contributed by atoms with Crippen molar-refractivity contribution in [2.24, 2.45) is 0 Å². The van der Waals surface area contributed by atoms with Crippen LogP contribution in [0.5, 0.6) is 5.75 Å². The minimum Gasteiger partial charge on any atom is -0.465 e. The van der Waals surface area contributed by atoms with Crippen molar-refractivity contribution in [2.75, 3.05) is 19.1 Å². The van der Waals surface area contributed by atoms with Crippen molar-refractivity contribution in [3.05, 3.63) is 59.7 Å². The van der Waals surface area contributed by atoms with Gasteiger partial charge in [-0.2, -0.15) is 8.78 Å². The number of ether oxygens (including phenoxy) is 3. The van der Waals surface area contributed by atoms with Gasteiger partial charge in [-0.3, -0.25) is 0 Å². The molecule has 0 spiro atoms. The average Bonchev–Trinajstić information content (AvgIpc) is 2.84. The molecule has 1 aromatic rings. The zero-order valence-corrected chi connectivity index (χ0v) is 13.7. The van der Waals surface area contributed by atoms with Crippen LogP contribution in [0.4, 0.5) is 18.9 Å². The number of benzene rings is 1. The molecule has 0 unspecified atom stereocenters. The molecular formula is C17H14F3NO5. The lowest BCUT2D eigenvalue weighted by Gasteiger charge is -2.25. The van der Waals surface area contributed by atoms with Crippen LogP contribution in [-0.4, -0.2) is 32.8 Å². The van der Waals surface area contributed by atoms with Crippen molar-refractivity contribution in [1.82, 2.24) is 0 Å². The molecule has 0 saturated heterocycles. The molecule has 1 aromatic carbocycles. The molecule has 2 rings (SSSR count). The molecule has 1 heterocycles. The van der Waals surface area contributed by atoms with Gasteiger partial charge in [-0.1, -0.05) is 12.1 Å². The maximum absolute atomic E-state index is 14.1. The van der Waals surface area contributed by atoms with Crippen LogP contribution >= 0.6 is 0 Å². The van der Waals surface area contributed by atoms with Gasteiger partial charge >= 0.3 is 18.6 Å². The summed E-state index contributed by atoms with van der Waals surface area (Å²) in [6.45, 7) is -3.30. The van der Waals surface area contributed by atoms with E-state index in [1.807, 2.05) is 0 Å². The zero-order chi connectivity index (χ0) is 19.3. The summed E-state index contributed by atoms with van der Waals surface area (Å²) in [6.07, 6.45) is 5.38.